The number of thiazole rings is 1. The van der Waals surface area contributed by atoms with Gasteiger partial charge >= 0.3 is 0 Å². The summed E-state index contributed by atoms with van der Waals surface area (Å²) >= 11 is 1.66. The highest BCUT2D eigenvalue weighted by molar-refractivity contribution is 14.0. The van der Waals surface area contributed by atoms with E-state index in [4.69, 9.17) is 0 Å². The number of aromatic nitrogens is 1. The number of hydrogen-bond donors (Lipinski definition) is 3. The van der Waals surface area contributed by atoms with Gasteiger partial charge in [0, 0.05) is 23.5 Å². The van der Waals surface area contributed by atoms with E-state index < -0.39 is 0 Å². The highest BCUT2D eigenvalue weighted by atomic mass is 127. The number of guanidine groups is 1. The predicted octanol–water partition coefficient (Wildman–Crippen LogP) is 4.67. The first-order valence-electron chi connectivity index (χ1n) is 10.3. The number of aliphatic imine (C=N–C) groups is 1. The molecule has 0 saturated heterocycles. The topological polar surface area (TPSA) is 78.4 Å². The minimum atomic E-state index is -0.0417. The first-order chi connectivity index (χ1) is 13.9. The zero-order valence-electron chi connectivity index (χ0n) is 18.5. The molecule has 2 rings (SSSR count). The van der Waals surface area contributed by atoms with E-state index in [1.807, 2.05) is 38.1 Å². The zero-order valence-corrected chi connectivity index (χ0v) is 21.6. The van der Waals surface area contributed by atoms with Gasteiger partial charge in [-0.1, -0.05) is 32.9 Å². The number of carbonyl (C=O) groups is 1. The minimum absolute atomic E-state index is 0. The summed E-state index contributed by atoms with van der Waals surface area (Å²) in [4.78, 5) is 21.6. The number of hydrogen-bond acceptors (Lipinski definition) is 4. The summed E-state index contributed by atoms with van der Waals surface area (Å²) < 4.78 is 0. The Kier molecular flexibility index (Phi) is 11.9. The fourth-order valence-electron chi connectivity index (χ4n) is 2.56. The normalized spacial score (nSPS) is 12.3. The summed E-state index contributed by atoms with van der Waals surface area (Å²) in [5.74, 6) is 1.13. The first-order valence-corrected chi connectivity index (χ1v) is 11.2. The van der Waals surface area contributed by atoms with Crippen molar-refractivity contribution in [2.45, 2.75) is 66.1 Å². The minimum Gasteiger partial charge on any atom is -0.357 e. The van der Waals surface area contributed by atoms with Crippen molar-refractivity contribution in [1.82, 2.24) is 20.9 Å². The Hall–Kier alpha value is -1.68. The molecule has 0 saturated carbocycles. The van der Waals surface area contributed by atoms with Crippen molar-refractivity contribution in [2.24, 2.45) is 4.99 Å². The van der Waals surface area contributed by atoms with Gasteiger partial charge in [-0.25, -0.2) is 9.98 Å². The van der Waals surface area contributed by atoms with E-state index in [1.54, 1.807) is 11.3 Å². The first kappa shape index (κ1) is 26.4. The van der Waals surface area contributed by atoms with Gasteiger partial charge in [0.1, 0.15) is 5.01 Å². The molecule has 0 spiro atoms. The Balaban J connectivity index is 0.00000450. The average molecular weight is 544 g/mol. The van der Waals surface area contributed by atoms with Crippen LogP contribution in [0.4, 0.5) is 0 Å². The summed E-state index contributed by atoms with van der Waals surface area (Å²) in [5.41, 5.74) is 2.79. The van der Waals surface area contributed by atoms with Gasteiger partial charge in [-0.3, -0.25) is 4.79 Å². The van der Waals surface area contributed by atoms with Crippen LogP contribution in [0.2, 0.25) is 0 Å². The molecule has 0 aliphatic heterocycles. The van der Waals surface area contributed by atoms with Gasteiger partial charge < -0.3 is 16.0 Å². The van der Waals surface area contributed by atoms with Crippen molar-refractivity contribution in [3.8, 4) is 0 Å². The Morgan fingerprint density at radius 2 is 1.97 bits per heavy atom. The molecule has 1 unspecified atom stereocenters. The van der Waals surface area contributed by atoms with E-state index in [0.29, 0.717) is 24.6 Å². The molecule has 30 heavy (non-hydrogen) atoms. The third kappa shape index (κ3) is 8.59. The molecule has 6 nitrogen and oxygen atoms in total. The van der Waals surface area contributed by atoms with Crippen LogP contribution in [0.1, 0.15) is 73.6 Å². The third-order valence-corrected chi connectivity index (χ3v) is 5.38. The second-order valence-corrected chi connectivity index (χ2v) is 8.30. The van der Waals surface area contributed by atoms with Crippen LogP contribution >= 0.6 is 35.3 Å². The molecule has 1 heterocycles. The molecular formula is C22H34IN5OS. The zero-order chi connectivity index (χ0) is 21.2. The lowest BCUT2D eigenvalue weighted by Crippen LogP contribution is -2.36. The van der Waals surface area contributed by atoms with E-state index in [9.17, 15) is 4.79 Å². The molecule has 3 N–H and O–H groups in total. The second kappa shape index (κ2) is 13.6. The molecule has 1 aromatic heterocycles. The van der Waals surface area contributed by atoms with Crippen molar-refractivity contribution < 1.29 is 4.79 Å². The van der Waals surface area contributed by atoms with Crippen LogP contribution in [0.3, 0.4) is 0 Å². The van der Waals surface area contributed by atoms with Crippen molar-refractivity contribution >= 4 is 47.2 Å². The largest absolute Gasteiger partial charge is 0.357 e. The molecule has 0 fully saturated rings. The van der Waals surface area contributed by atoms with Gasteiger partial charge in [-0.2, -0.15) is 0 Å². The predicted molar refractivity (Wildman–Crippen MR) is 137 cm³/mol. The summed E-state index contributed by atoms with van der Waals surface area (Å²) in [6, 6.07) is 7.79. The maximum Gasteiger partial charge on any atom is 0.251 e. The van der Waals surface area contributed by atoms with Gasteiger partial charge in [-0.15, -0.1) is 35.3 Å². The van der Waals surface area contributed by atoms with E-state index in [0.717, 1.165) is 35.2 Å². The molecular weight excluding hydrogens is 509 g/mol. The lowest BCUT2D eigenvalue weighted by Gasteiger charge is -2.12. The van der Waals surface area contributed by atoms with Gasteiger partial charge in [-0.05, 0) is 43.9 Å². The second-order valence-electron chi connectivity index (χ2n) is 7.35. The third-order valence-electron chi connectivity index (χ3n) is 4.51. The Morgan fingerprint density at radius 3 is 2.60 bits per heavy atom. The SMILES string of the molecule is CCNC(=NCc1cccc(C(=O)NC(C)CC)c1)NCc1nc(C(C)C)cs1.I. The van der Waals surface area contributed by atoms with E-state index in [-0.39, 0.29) is 35.9 Å². The highest BCUT2D eigenvalue weighted by Crippen LogP contribution is 2.17. The Morgan fingerprint density at radius 1 is 1.20 bits per heavy atom. The summed E-state index contributed by atoms with van der Waals surface area (Å²) in [5, 5.41) is 12.8. The molecule has 8 heteroatoms. The summed E-state index contributed by atoms with van der Waals surface area (Å²) in [6.45, 7) is 12.3. The smallest absolute Gasteiger partial charge is 0.251 e. The van der Waals surface area contributed by atoms with E-state index >= 15 is 0 Å². The number of halogens is 1. The molecule has 0 aliphatic carbocycles. The maximum atomic E-state index is 12.3. The molecule has 166 valence electrons. The fraction of sp³-hybridized carbons (Fsp3) is 0.500. The van der Waals surface area contributed by atoms with Crippen LogP contribution in [-0.2, 0) is 13.1 Å². The average Bonchev–Trinajstić information content (AvgIpc) is 3.19. The number of carbonyl (C=O) groups excluding carboxylic acids is 1. The van der Waals surface area contributed by atoms with Gasteiger partial charge in [0.2, 0.25) is 0 Å². The van der Waals surface area contributed by atoms with Gasteiger partial charge in [0.05, 0.1) is 18.8 Å². The van der Waals surface area contributed by atoms with Crippen LogP contribution in [0, 0.1) is 0 Å². The molecule has 0 aliphatic rings. The summed E-state index contributed by atoms with van der Waals surface area (Å²) in [6.07, 6.45) is 0.908. The van der Waals surface area contributed by atoms with E-state index in [1.165, 1.54) is 0 Å². The monoisotopic (exact) mass is 543 g/mol. The Bertz CT molecular complexity index is 821. The van der Waals surface area contributed by atoms with Crippen LogP contribution in [0.15, 0.2) is 34.6 Å². The standard InChI is InChI=1S/C22H33N5OS.HI/c1-6-16(5)26-21(28)18-10-8-9-17(11-18)12-24-22(23-7-2)25-13-20-27-19(14-29-20)15(3)4;/h8-11,14-16H,6-7,12-13H2,1-5H3,(H,26,28)(H2,23,24,25);1H. The highest BCUT2D eigenvalue weighted by Gasteiger charge is 2.09. The van der Waals surface area contributed by atoms with Gasteiger partial charge in [0.25, 0.3) is 5.91 Å². The quantitative estimate of drug-likeness (QED) is 0.244. The number of rotatable bonds is 9. The van der Waals surface area contributed by atoms with E-state index in [2.05, 4.69) is 52.1 Å². The number of nitrogens with zero attached hydrogens (tertiary/aromatic N) is 2. The number of nitrogens with one attached hydrogen (secondary N) is 3. The van der Waals surface area contributed by atoms with Crippen LogP contribution < -0.4 is 16.0 Å². The molecule has 2 aromatic rings. The van der Waals surface area contributed by atoms with Crippen molar-refractivity contribution in [1.29, 1.82) is 0 Å². The van der Waals surface area contributed by atoms with Crippen molar-refractivity contribution in [2.75, 3.05) is 6.54 Å². The van der Waals surface area contributed by atoms with Crippen LogP contribution in [0.5, 0.6) is 0 Å². The van der Waals surface area contributed by atoms with Gasteiger partial charge in [0.15, 0.2) is 5.96 Å². The molecule has 1 amide bonds. The molecule has 1 aromatic carbocycles. The fourth-order valence-corrected chi connectivity index (χ4v) is 3.46. The van der Waals surface area contributed by atoms with Crippen molar-refractivity contribution in [3.63, 3.8) is 0 Å². The Labute approximate surface area is 201 Å². The summed E-state index contributed by atoms with van der Waals surface area (Å²) in [7, 11) is 0. The molecule has 0 bridgehead atoms. The molecule has 0 radical (unpaired) electrons. The van der Waals surface area contributed by atoms with Crippen LogP contribution in [-0.4, -0.2) is 29.4 Å². The van der Waals surface area contributed by atoms with Crippen molar-refractivity contribution in [3.05, 3.63) is 51.5 Å². The van der Waals surface area contributed by atoms with Crippen LogP contribution in [0.25, 0.3) is 0 Å². The lowest BCUT2D eigenvalue weighted by molar-refractivity contribution is 0.0939. The molecule has 1 atom stereocenters. The number of benzene rings is 1. The number of amides is 1. The maximum absolute atomic E-state index is 12.3. The lowest BCUT2D eigenvalue weighted by atomic mass is 10.1.